The van der Waals surface area contributed by atoms with Gasteiger partial charge in [-0.2, -0.15) is 5.10 Å². The molecule has 1 aromatic heterocycles. The third kappa shape index (κ3) is 3.96. The van der Waals surface area contributed by atoms with Gasteiger partial charge in [0, 0.05) is 26.2 Å². The molecule has 1 amide bonds. The van der Waals surface area contributed by atoms with E-state index in [0.29, 0.717) is 6.54 Å². The Bertz CT molecular complexity index is 640. The van der Waals surface area contributed by atoms with Crippen molar-refractivity contribution in [1.82, 2.24) is 25.0 Å². The molecule has 2 heterocycles. The molecule has 1 N–H and O–H groups in total. The fourth-order valence-corrected chi connectivity index (χ4v) is 2.94. The first-order chi connectivity index (χ1) is 11.2. The molecule has 6 nitrogen and oxygen atoms in total. The number of nitrogens with one attached hydrogen (secondary N) is 1. The van der Waals surface area contributed by atoms with Crippen LogP contribution in [-0.4, -0.2) is 45.2 Å². The SMILES string of the molecule is C[C@H](C(=O)NCCCN1CCc2ccccc2C1)n1cncn1. The number of hydrogen-bond acceptors (Lipinski definition) is 4. The topological polar surface area (TPSA) is 63.1 Å². The van der Waals surface area contributed by atoms with E-state index in [9.17, 15) is 4.79 Å². The maximum absolute atomic E-state index is 12.0. The van der Waals surface area contributed by atoms with E-state index in [0.717, 1.165) is 32.5 Å². The fourth-order valence-electron chi connectivity index (χ4n) is 2.94. The first-order valence-corrected chi connectivity index (χ1v) is 8.15. The minimum Gasteiger partial charge on any atom is -0.354 e. The molecule has 2 aromatic rings. The molecule has 0 unspecified atom stereocenters. The molecule has 23 heavy (non-hydrogen) atoms. The fraction of sp³-hybridized carbons (Fsp3) is 0.471. The number of nitrogens with zero attached hydrogens (tertiary/aromatic N) is 4. The highest BCUT2D eigenvalue weighted by Crippen LogP contribution is 2.18. The van der Waals surface area contributed by atoms with Crippen molar-refractivity contribution in [3.8, 4) is 0 Å². The predicted molar refractivity (Wildman–Crippen MR) is 87.8 cm³/mol. The Kier molecular flexibility index (Phi) is 5.02. The summed E-state index contributed by atoms with van der Waals surface area (Å²) in [6.07, 6.45) is 5.08. The molecule has 0 fully saturated rings. The summed E-state index contributed by atoms with van der Waals surface area (Å²) in [4.78, 5) is 18.4. The predicted octanol–water partition coefficient (Wildman–Crippen LogP) is 1.40. The van der Waals surface area contributed by atoms with Gasteiger partial charge in [-0.15, -0.1) is 0 Å². The van der Waals surface area contributed by atoms with Crippen molar-refractivity contribution in [3.63, 3.8) is 0 Å². The monoisotopic (exact) mass is 313 g/mol. The van der Waals surface area contributed by atoms with Gasteiger partial charge in [0.05, 0.1) is 0 Å². The van der Waals surface area contributed by atoms with Gasteiger partial charge in [-0.3, -0.25) is 9.69 Å². The van der Waals surface area contributed by atoms with E-state index in [1.807, 2.05) is 6.92 Å². The van der Waals surface area contributed by atoms with Gasteiger partial charge < -0.3 is 5.32 Å². The Hall–Kier alpha value is -2.21. The smallest absolute Gasteiger partial charge is 0.244 e. The highest BCUT2D eigenvalue weighted by molar-refractivity contribution is 5.79. The summed E-state index contributed by atoms with van der Waals surface area (Å²) in [7, 11) is 0. The van der Waals surface area contributed by atoms with Crippen LogP contribution in [0, 0.1) is 0 Å². The standard InChI is InChI=1S/C17H23N5O/c1-14(22-13-18-12-20-22)17(23)19-8-4-9-21-10-7-15-5-2-3-6-16(15)11-21/h2-3,5-6,12-14H,4,7-11H2,1H3,(H,19,23)/t14-/m1/s1. The number of carbonyl (C=O) groups excluding carboxylic acids is 1. The van der Waals surface area contributed by atoms with Gasteiger partial charge in [-0.25, -0.2) is 9.67 Å². The zero-order valence-corrected chi connectivity index (χ0v) is 13.5. The van der Waals surface area contributed by atoms with Crippen LogP contribution in [0.15, 0.2) is 36.9 Å². The van der Waals surface area contributed by atoms with Crippen molar-refractivity contribution in [2.45, 2.75) is 32.4 Å². The van der Waals surface area contributed by atoms with E-state index < -0.39 is 0 Å². The van der Waals surface area contributed by atoms with Gasteiger partial charge in [0.1, 0.15) is 18.7 Å². The van der Waals surface area contributed by atoms with Gasteiger partial charge in [0.15, 0.2) is 0 Å². The summed E-state index contributed by atoms with van der Waals surface area (Å²) in [6.45, 7) is 5.63. The molecule has 0 bridgehead atoms. The lowest BCUT2D eigenvalue weighted by Crippen LogP contribution is -2.35. The van der Waals surface area contributed by atoms with Crippen LogP contribution in [0.5, 0.6) is 0 Å². The third-order valence-electron chi connectivity index (χ3n) is 4.37. The molecule has 3 rings (SSSR count). The normalized spacial score (nSPS) is 15.9. The second-order valence-corrected chi connectivity index (χ2v) is 5.99. The summed E-state index contributed by atoms with van der Waals surface area (Å²) >= 11 is 0. The number of amides is 1. The van der Waals surface area contributed by atoms with E-state index >= 15 is 0 Å². The molecule has 0 saturated heterocycles. The van der Waals surface area contributed by atoms with Crippen LogP contribution in [-0.2, 0) is 17.8 Å². The molecule has 6 heteroatoms. The van der Waals surface area contributed by atoms with E-state index in [1.54, 1.807) is 11.0 Å². The highest BCUT2D eigenvalue weighted by atomic mass is 16.2. The minimum atomic E-state index is -0.320. The van der Waals surface area contributed by atoms with Crippen molar-refractivity contribution in [3.05, 3.63) is 48.0 Å². The average molecular weight is 313 g/mol. The quantitative estimate of drug-likeness (QED) is 0.819. The molecule has 1 aliphatic heterocycles. The molecule has 1 atom stereocenters. The summed E-state index contributed by atoms with van der Waals surface area (Å²) in [5.74, 6) is -0.0144. The van der Waals surface area contributed by atoms with Gasteiger partial charge in [0.2, 0.25) is 5.91 Å². The van der Waals surface area contributed by atoms with Gasteiger partial charge >= 0.3 is 0 Å². The van der Waals surface area contributed by atoms with Crippen LogP contribution in [0.25, 0.3) is 0 Å². The van der Waals surface area contributed by atoms with E-state index in [-0.39, 0.29) is 11.9 Å². The first kappa shape index (κ1) is 15.7. The zero-order valence-electron chi connectivity index (χ0n) is 13.5. The largest absolute Gasteiger partial charge is 0.354 e. The Labute approximate surface area is 136 Å². The van der Waals surface area contributed by atoms with Gasteiger partial charge in [0.25, 0.3) is 0 Å². The lowest BCUT2D eigenvalue weighted by molar-refractivity contribution is -0.124. The van der Waals surface area contributed by atoms with Crippen molar-refractivity contribution in [2.75, 3.05) is 19.6 Å². The van der Waals surface area contributed by atoms with Crippen molar-refractivity contribution >= 4 is 5.91 Å². The number of carbonyl (C=O) groups is 1. The molecule has 0 radical (unpaired) electrons. The Morgan fingerprint density at radius 3 is 2.96 bits per heavy atom. The van der Waals surface area contributed by atoms with Crippen LogP contribution in [0.4, 0.5) is 0 Å². The van der Waals surface area contributed by atoms with Crippen molar-refractivity contribution in [2.24, 2.45) is 0 Å². The van der Waals surface area contributed by atoms with E-state index in [4.69, 9.17) is 0 Å². The van der Waals surface area contributed by atoms with Gasteiger partial charge in [-0.1, -0.05) is 24.3 Å². The van der Waals surface area contributed by atoms with E-state index in [2.05, 4.69) is 44.6 Å². The number of benzene rings is 1. The van der Waals surface area contributed by atoms with Crippen LogP contribution in [0.3, 0.4) is 0 Å². The highest BCUT2D eigenvalue weighted by Gasteiger charge is 2.16. The molecule has 0 saturated carbocycles. The first-order valence-electron chi connectivity index (χ1n) is 8.15. The Morgan fingerprint density at radius 1 is 1.35 bits per heavy atom. The average Bonchev–Trinajstić information content (AvgIpc) is 3.12. The second kappa shape index (κ2) is 7.37. The zero-order chi connectivity index (χ0) is 16.1. The maximum atomic E-state index is 12.0. The minimum absolute atomic E-state index is 0.0144. The molecule has 0 aliphatic carbocycles. The third-order valence-corrected chi connectivity index (χ3v) is 4.37. The maximum Gasteiger partial charge on any atom is 0.244 e. The van der Waals surface area contributed by atoms with Crippen LogP contribution < -0.4 is 5.32 Å². The number of rotatable bonds is 6. The number of aromatic nitrogens is 3. The Morgan fingerprint density at radius 2 is 2.17 bits per heavy atom. The molecular weight excluding hydrogens is 290 g/mol. The van der Waals surface area contributed by atoms with Gasteiger partial charge in [-0.05, 0) is 30.9 Å². The Balaban J connectivity index is 1.38. The molecular formula is C17H23N5O. The number of fused-ring (bicyclic) bond motifs is 1. The summed E-state index contributed by atoms with van der Waals surface area (Å²) in [6, 6.07) is 8.33. The van der Waals surface area contributed by atoms with Crippen LogP contribution in [0.2, 0.25) is 0 Å². The summed E-state index contributed by atoms with van der Waals surface area (Å²) in [5, 5.41) is 6.97. The second-order valence-electron chi connectivity index (χ2n) is 5.99. The lowest BCUT2D eigenvalue weighted by atomic mass is 10.00. The van der Waals surface area contributed by atoms with Crippen LogP contribution in [0.1, 0.15) is 30.5 Å². The number of hydrogen-bond donors (Lipinski definition) is 1. The molecule has 0 spiro atoms. The van der Waals surface area contributed by atoms with Crippen LogP contribution >= 0.6 is 0 Å². The summed E-state index contributed by atoms with van der Waals surface area (Å²) < 4.78 is 1.57. The summed E-state index contributed by atoms with van der Waals surface area (Å²) in [5.41, 5.74) is 2.90. The van der Waals surface area contributed by atoms with E-state index in [1.165, 1.54) is 17.5 Å². The lowest BCUT2D eigenvalue weighted by Gasteiger charge is -2.28. The molecule has 1 aromatic carbocycles. The van der Waals surface area contributed by atoms with Crippen molar-refractivity contribution < 1.29 is 4.79 Å². The molecule has 1 aliphatic rings. The van der Waals surface area contributed by atoms with Crippen molar-refractivity contribution in [1.29, 1.82) is 0 Å². The molecule has 122 valence electrons.